The molecule has 25 heavy (non-hydrogen) atoms. The van der Waals surface area contributed by atoms with Crippen LogP contribution in [0, 0.1) is 0 Å². The molecule has 0 aliphatic heterocycles. The van der Waals surface area contributed by atoms with Crippen LogP contribution >= 0.6 is 11.6 Å². The van der Waals surface area contributed by atoms with E-state index < -0.39 is 0 Å². The van der Waals surface area contributed by atoms with Gasteiger partial charge in [0.2, 0.25) is 0 Å². The average Bonchev–Trinajstić information content (AvgIpc) is 2.61. The van der Waals surface area contributed by atoms with Gasteiger partial charge >= 0.3 is 0 Å². The molecule has 5 nitrogen and oxygen atoms in total. The molecule has 0 heterocycles. The number of hydrogen-bond donors (Lipinski definition) is 2. The average molecular weight is 361 g/mol. The summed E-state index contributed by atoms with van der Waals surface area (Å²) in [6, 6.07) is 13.8. The first-order chi connectivity index (χ1) is 12.0. The van der Waals surface area contributed by atoms with E-state index >= 15 is 0 Å². The minimum atomic E-state index is -0.334. The number of amides is 2. The number of hydrogen-bond acceptors (Lipinski definition) is 3. The molecule has 2 aromatic rings. The van der Waals surface area contributed by atoms with Crippen LogP contribution in [0.4, 0.5) is 5.69 Å². The van der Waals surface area contributed by atoms with Crippen molar-refractivity contribution in [1.82, 2.24) is 5.32 Å². The van der Waals surface area contributed by atoms with Gasteiger partial charge in [-0.15, -0.1) is 0 Å². The van der Waals surface area contributed by atoms with Crippen molar-refractivity contribution in [2.75, 3.05) is 11.9 Å². The fourth-order valence-electron chi connectivity index (χ4n) is 2.05. The third-order valence-corrected chi connectivity index (χ3v) is 3.91. The normalized spacial score (nSPS) is 11.5. The summed E-state index contributed by atoms with van der Waals surface area (Å²) in [4.78, 5) is 24.2. The van der Waals surface area contributed by atoms with Gasteiger partial charge in [0.25, 0.3) is 11.8 Å². The Morgan fingerprint density at radius 1 is 1.16 bits per heavy atom. The summed E-state index contributed by atoms with van der Waals surface area (Å²) in [5.74, 6) is -0.0573. The molecule has 2 N–H and O–H groups in total. The zero-order valence-corrected chi connectivity index (χ0v) is 15.0. The molecule has 2 amide bonds. The number of carbonyl (C=O) groups excluding carboxylic acids is 2. The monoisotopic (exact) mass is 360 g/mol. The van der Waals surface area contributed by atoms with Gasteiger partial charge in [0.15, 0.2) is 6.61 Å². The second kappa shape index (κ2) is 9.08. The second-order valence-electron chi connectivity index (χ2n) is 5.63. The predicted molar refractivity (Wildman–Crippen MR) is 99.2 cm³/mol. The van der Waals surface area contributed by atoms with Crippen LogP contribution in [-0.4, -0.2) is 24.5 Å². The smallest absolute Gasteiger partial charge is 0.262 e. The van der Waals surface area contributed by atoms with Crippen LogP contribution in [-0.2, 0) is 4.79 Å². The summed E-state index contributed by atoms with van der Waals surface area (Å²) >= 11 is 5.98. The SMILES string of the molecule is CCC(C)NC(=O)c1cccc(NC(=O)COc2ccccc2Cl)c1. The summed E-state index contributed by atoms with van der Waals surface area (Å²) in [7, 11) is 0. The predicted octanol–water partition coefficient (Wildman–Crippen LogP) is 3.89. The maximum absolute atomic E-state index is 12.1. The topological polar surface area (TPSA) is 67.4 Å². The van der Waals surface area contributed by atoms with Crippen LogP contribution in [0.3, 0.4) is 0 Å². The maximum atomic E-state index is 12.1. The van der Waals surface area contributed by atoms with E-state index in [1.165, 1.54) is 0 Å². The molecule has 6 heteroatoms. The molecule has 0 radical (unpaired) electrons. The Labute approximate surface area is 152 Å². The fraction of sp³-hybridized carbons (Fsp3) is 0.263. The molecule has 0 aliphatic rings. The van der Waals surface area contributed by atoms with Crippen LogP contribution in [0.25, 0.3) is 0 Å². The molecular weight excluding hydrogens is 340 g/mol. The molecule has 0 spiro atoms. The van der Waals surface area contributed by atoms with Crippen molar-refractivity contribution in [1.29, 1.82) is 0 Å². The van der Waals surface area contributed by atoms with Crippen LogP contribution < -0.4 is 15.4 Å². The van der Waals surface area contributed by atoms with Gasteiger partial charge in [-0.05, 0) is 43.7 Å². The third kappa shape index (κ3) is 5.80. The van der Waals surface area contributed by atoms with Gasteiger partial charge in [-0.25, -0.2) is 0 Å². The highest BCUT2D eigenvalue weighted by Gasteiger charge is 2.10. The molecule has 0 saturated heterocycles. The van der Waals surface area contributed by atoms with Gasteiger partial charge in [-0.3, -0.25) is 9.59 Å². The first-order valence-electron chi connectivity index (χ1n) is 8.07. The standard InChI is InChI=1S/C19H21ClN2O3/c1-3-13(2)21-19(24)14-7-6-8-15(11-14)22-18(23)12-25-17-10-5-4-9-16(17)20/h4-11,13H,3,12H2,1-2H3,(H,21,24)(H,22,23). The number of benzene rings is 2. The Morgan fingerprint density at radius 2 is 1.92 bits per heavy atom. The first-order valence-corrected chi connectivity index (χ1v) is 8.45. The molecule has 0 bridgehead atoms. The number of rotatable bonds is 7. The lowest BCUT2D eigenvalue weighted by atomic mass is 10.1. The Balaban J connectivity index is 1.93. The quantitative estimate of drug-likeness (QED) is 0.787. The van der Waals surface area contributed by atoms with Gasteiger partial charge in [-0.2, -0.15) is 0 Å². The molecule has 1 unspecified atom stereocenters. The van der Waals surface area contributed by atoms with Crippen molar-refractivity contribution in [3.05, 3.63) is 59.1 Å². The van der Waals surface area contributed by atoms with Crippen LogP contribution in [0.2, 0.25) is 5.02 Å². The van der Waals surface area contributed by atoms with E-state index in [4.69, 9.17) is 16.3 Å². The molecule has 1 atom stereocenters. The molecular formula is C19H21ClN2O3. The van der Waals surface area contributed by atoms with E-state index in [0.29, 0.717) is 22.0 Å². The third-order valence-electron chi connectivity index (χ3n) is 3.59. The lowest BCUT2D eigenvalue weighted by Crippen LogP contribution is -2.32. The number of nitrogens with one attached hydrogen (secondary N) is 2. The Morgan fingerprint density at radius 3 is 2.64 bits per heavy atom. The summed E-state index contributed by atoms with van der Waals surface area (Å²) in [6.07, 6.45) is 0.849. The van der Waals surface area contributed by atoms with Crippen LogP contribution in [0.15, 0.2) is 48.5 Å². The summed E-state index contributed by atoms with van der Waals surface area (Å²) in [5, 5.41) is 6.04. The van der Waals surface area contributed by atoms with E-state index in [1.807, 2.05) is 13.8 Å². The zero-order chi connectivity index (χ0) is 18.2. The van der Waals surface area contributed by atoms with Crippen molar-refractivity contribution in [2.24, 2.45) is 0 Å². The number of para-hydroxylation sites is 1. The van der Waals surface area contributed by atoms with Gasteiger partial charge in [0, 0.05) is 17.3 Å². The fourth-order valence-corrected chi connectivity index (χ4v) is 2.24. The number of anilines is 1. The Kier molecular flexibility index (Phi) is 6.83. The largest absolute Gasteiger partial charge is 0.482 e. The molecule has 0 fully saturated rings. The molecule has 132 valence electrons. The lowest BCUT2D eigenvalue weighted by molar-refractivity contribution is -0.118. The van der Waals surface area contributed by atoms with Crippen molar-refractivity contribution in [3.8, 4) is 5.75 Å². The van der Waals surface area contributed by atoms with Gasteiger partial charge in [-0.1, -0.05) is 36.7 Å². The van der Waals surface area contributed by atoms with E-state index in [0.717, 1.165) is 6.42 Å². The number of ether oxygens (including phenoxy) is 1. The highest BCUT2D eigenvalue weighted by molar-refractivity contribution is 6.32. The van der Waals surface area contributed by atoms with Crippen molar-refractivity contribution in [2.45, 2.75) is 26.3 Å². The maximum Gasteiger partial charge on any atom is 0.262 e. The number of carbonyl (C=O) groups is 2. The molecule has 0 saturated carbocycles. The Hall–Kier alpha value is -2.53. The molecule has 2 rings (SSSR count). The number of halogens is 1. The van der Waals surface area contributed by atoms with E-state index in [9.17, 15) is 9.59 Å². The Bertz CT molecular complexity index is 749. The highest BCUT2D eigenvalue weighted by Crippen LogP contribution is 2.23. The van der Waals surface area contributed by atoms with Crippen LogP contribution in [0.1, 0.15) is 30.6 Å². The molecule has 2 aromatic carbocycles. The molecule has 0 aliphatic carbocycles. The molecule has 0 aromatic heterocycles. The first kappa shape index (κ1) is 18.8. The minimum absolute atomic E-state index is 0.0924. The van der Waals surface area contributed by atoms with E-state index in [-0.39, 0.29) is 24.5 Å². The van der Waals surface area contributed by atoms with Crippen molar-refractivity contribution < 1.29 is 14.3 Å². The highest BCUT2D eigenvalue weighted by atomic mass is 35.5. The second-order valence-corrected chi connectivity index (χ2v) is 6.04. The van der Waals surface area contributed by atoms with Crippen molar-refractivity contribution >= 4 is 29.1 Å². The van der Waals surface area contributed by atoms with Crippen LogP contribution in [0.5, 0.6) is 5.75 Å². The van der Waals surface area contributed by atoms with E-state index in [2.05, 4.69) is 10.6 Å². The zero-order valence-electron chi connectivity index (χ0n) is 14.2. The van der Waals surface area contributed by atoms with E-state index in [1.54, 1.807) is 48.5 Å². The van der Waals surface area contributed by atoms with Gasteiger partial charge in [0.05, 0.1) is 5.02 Å². The van der Waals surface area contributed by atoms with Crippen molar-refractivity contribution in [3.63, 3.8) is 0 Å². The summed E-state index contributed by atoms with van der Waals surface area (Å²) in [5.41, 5.74) is 1.02. The lowest BCUT2D eigenvalue weighted by Gasteiger charge is -2.12. The summed E-state index contributed by atoms with van der Waals surface area (Å²) < 4.78 is 5.39. The minimum Gasteiger partial charge on any atom is -0.482 e. The summed E-state index contributed by atoms with van der Waals surface area (Å²) in [6.45, 7) is 3.77. The van der Waals surface area contributed by atoms with Gasteiger partial charge < -0.3 is 15.4 Å². The van der Waals surface area contributed by atoms with Gasteiger partial charge in [0.1, 0.15) is 5.75 Å².